The predicted octanol–water partition coefficient (Wildman–Crippen LogP) is 2.78. The predicted molar refractivity (Wildman–Crippen MR) is 95.6 cm³/mol. The van der Waals surface area contributed by atoms with Crippen LogP contribution >= 0.6 is 0 Å². The molecule has 4 nitrogen and oxygen atoms in total. The summed E-state index contributed by atoms with van der Waals surface area (Å²) in [5.41, 5.74) is 1.39. The Balaban J connectivity index is 1.37. The van der Waals surface area contributed by atoms with Gasteiger partial charge >= 0.3 is 0 Å². The standard InChI is InChI=1S/C20H30N2O2/c1-21(20(23)13-19-9-12-24-16-19)14-18-7-10-22(11-8-18)15-17-5-3-2-4-6-17/h2-6,18-19H,7-16H2,1H3. The zero-order valence-electron chi connectivity index (χ0n) is 14.8. The van der Waals surface area contributed by atoms with E-state index in [1.807, 2.05) is 11.9 Å². The molecule has 1 atom stereocenters. The average Bonchev–Trinajstić information content (AvgIpc) is 3.10. The first-order valence-corrected chi connectivity index (χ1v) is 9.28. The second-order valence-corrected chi connectivity index (χ2v) is 7.41. The number of nitrogens with zero attached hydrogens (tertiary/aromatic N) is 2. The summed E-state index contributed by atoms with van der Waals surface area (Å²) in [6.45, 7) is 5.81. The Morgan fingerprint density at radius 1 is 1.17 bits per heavy atom. The molecule has 0 aromatic heterocycles. The number of amides is 1. The molecule has 2 aliphatic heterocycles. The van der Waals surface area contributed by atoms with Crippen molar-refractivity contribution in [3.8, 4) is 0 Å². The number of ether oxygens (including phenoxy) is 1. The van der Waals surface area contributed by atoms with Crippen molar-refractivity contribution < 1.29 is 9.53 Å². The van der Waals surface area contributed by atoms with E-state index in [0.29, 0.717) is 18.3 Å². The van der Waals surface area contributed by atoms with Crippen LogP contribution in [0.25, 0.3) is 0 Å². The molecule has 2 aliphatic rings. The van der Waals surface area contributed by atoms with Crippen molar-refractivity contribution in [3.05, 3.63) is 35.9 Å². The molecule has 0 bridgehead atoms. The van der Waals surface area contributed by atoms with Crippen LogP contribution in [0.4, 0.5) is 0 Å². The second kappa shape index (κ2) is 8.63. The van der Waals surface area contributed by atoms with Crippen LogP contribution in [0, 0.1) is 11.8 Å². The topological polar surface area (TPSA) is 32.8 Å². The maximum absolute atomic E-state index is 12.3. The lowest BCUT2D eigenvalue weighted by molar-refractivity contribution is -0.131. The van der Waals surface area contributed by atoms with Gasteiger partial charge in [0.1, 0.15) is 0 Å². The van der Waals surface area contributed by atoms with Gasteiger partial charge in [0.15, 0.2) is 0 Å². The van der Waals surface area contributed by atoms with Gasteiger partial charge in [0.05, 0.1) is 0 Å². The lowest BCUT2D eigenvalue weighted by Gasteiger charge is -2.34. The largest absolute Gasteiger partial charge is 0.381 e. The molecule has 1 unspecified atom stereocenters. The number of hydrogen-bond acceptors (Lipinski definition) is 3. The molecule has 0 aliphatic carbocycles. The van der Waals surface area contributed by atoms with Crippen LogP contribution in [0.3, 0.4) is 0 Å². The molecular formula is C20H30N2O2. The summed E-state index contributed by atoms with van der Waals surface area (Å²) in [4.78, 5) is 16.8. The highest BCUT2D eigenvalue weighted by molar-refractivity contribution is 5.76. The maximum Gasteiger partial charge on any atom is 0.222 e. The molecule has 2 heterocycles. The number of piperidine rings is 1. The minimum absolute atomic E-state index is 0.289. The van der Waals surface area contributed by atoms with Crippen LogP contribution in [-0.2, 0) is 16.1 Å². The molecule has 0 radical (unpaired) electrons. The molecule has 1 aromatic carbocycles. The number of likely N-dealkylation sites (tertiary alicyclic amines) is 1. The highest BCUT2D eigenvalue weighted by Crippen LogP contribution is 2.21. The fourth-order valence-electron chi connectivity index (χ4n) is 3.80. The van der Waals surface area contributed by atoms with E-state index in [1.54, 1.807) is 0 Å². The van der Waals surface area contributed by atoms with E-state index in [4.69, 9.17) is 4.74 Å². The van der Waals surface area contributed by atoms with E-state index in [9.17, 15) is 4.79 Å². The quantitative estimate of drug-likeness (QED) is 0.804. The molecule has 1 amide bonds. The number of benzene rings is 1. The summed E-state index contributed by atoms with van der Waals surface area (Å²) >= 11 is 0. The monoisotopic (exact) mass is 330 g/mol. The fraction of sp³-hybridized carbons (Fsp3) is 0.650. The Hall–Kier alpha value is -1.39. The molecule has 24 heavy (non-hydrogen) atoms. The molecule has 0 saturated carbocycles. The van der Waals surface area contributed by atoms with Crippen molar-refractivity contribution in [3.63, 3.8) is 0 Å². The maximum atomic E-state index is 12.3. The van der Waals surface area contributed by atoms with Gasteiger partial charge in [0.2, 0.25) is 5.91 Å². The van der Waals surface area contributed by atoms with E-state index < -0.39 is 0 Å². The van der Waals surface area contributed by atoms with E-state index in [1.165, 1.54) is 18.4 Å². The van der Waals surface area contributed by atoms with Crippen LogP contribution in [0.15, 0.2) is 30.3 Å². The van der Waals surface area contributed by atoms with Crippen LogP contribution in [0.5, 0.6) is 0 Å². The third-order valence-electron chi connectivity index (χ3n) is 5.40. The van der Waals surface area contributed by atoms with E-state index in [-0.39, 0.29) is 5.91 Å². The average molecular weight is 330 g/mol. The minimum atomic E-state index is 0.289. The Bertz CT molecular complexity index is 506. The molecule has 3 rings (SSSR count). The molecule has 1 aromatic rings. The van der Waals surface area contributed by atoms with Crippen molar-refractivity contribution >= 4 is 5.91 Å². The first kappa shape index (κ1) is 17.4. The number of carbonyl (C=O) groups excluding carboxylic acids is 1. The highest BCUT2D eigenvalue weighted by Gasteiger charge is 2.24. The lowest BCUT2D eigenvalue weighted by Crippen LogP contribution is -2.39. The molecule has 4 heteroatoms. The SMILES string of the molecule is CN(CC1CCN(Cc2ccccc2)CC1)C(=O)CC1CCOC1. The minimum Gasteiger partial charge on any atom is -0.381 e. The van der Waals surface area contributed by atoms with Crippen molar-refractivity contribution in [2.24, 2.45) is 11.8 Å². The second-order valence-electron chi connectivity index (χ2n) is 7.41. The smallest absolute Gasteiger partial charge is 0.222 e. The molecule has 2 fully saturated rings. The van der Waals surface area contributed by atoms with Gasteiger partial charge in [0.25, 0.3) is 0 Å². The number of hydrogen-bond donors (Lipinski definition) is 0. The van der Waals surface area contributed by atoms with E-state index >= 15 is 0 Å². The first-order chi connectivity index (χ1) is 11.7. The van der Waals surface area contributed by atoms with Crippen molar-refractivity contribution in [1.29, 1.82) is 0 Å². The van der Waals surface area contributed by atoms with Crippen LogP contribution < -0.4 is 0 Å². The first-order valence-electron chi connectivity index (χ1n) is 9.28. The van der Waals surface area contributed by atoms with Gasteiger partial charge in [-0.2, -0.15) is 0 Å². The van der Waals surface area contributed by atoms with Crippen molar-refractivity contribution in [2.75, 3.05) is 39.9 Å². The summed E-state index contributed by atoms with van der Waals surface area (Å²) in [6.07, 6.45) is 4.08. The molecule has 132 valence electrons. The van der Waals surface area contributed by atoms with Crippen LogP contribution in [0.1, 0.15) is 31.2 Å². The normalized spacial score (nSPS) is 22.6. The zero-order valence-corrected chi connectivity index (χ0v) is 14.8. The van der Waals surface area contributed by atoms with E-state index in [2.05, 4.69) is 35.2 Å². The number of carbonyl (C=O) groups is 1. The summed E-state index contributed by atoms with van der Waals surface area (Å²) in [7, 11) is 1.97. The molecule has 2 saturated heterocycles. The summed E-state index contributed by atoms with van der Waals surface area (Å²) in [5.74, 6) is 1.37. The van der Waals surface area contributed by atoms with Gasteiger partial charge in [-0.25, -0.2) is 0 Å². The van der Waals surface area contributed by atoms with E-state index in [0.717, 1.165) is 45.8 Å². The Kier molecular flexibility index (Phi) is 6.27. The molecule has 0 spiro atoms. The van der Waals surface area contributed by atoms with Gasteiger partial charge in [-0.3, -0.25) is 9.69 Å². The summed E-state index contributed by atoms with van der Waals surface area (Å²) in [6, 6.07) is 10.7. The lowest BCUT2D eigenvalue weighted by atomic mass is 9.95. The van der Waals surface area contributed by atoms with Gasteiger partial charge < -0.3 is 9.64 Å². The number of rotatable bonds is 6. The van der Waals surface area contributed by atoms with Gasteiger partial charge in [-0.05, 0) is 49.8 Å². The summed E-state index contributed by atoms with van der Waals surface area (Å²) < 4.78 is 5.37. The Labute approximate surface area is 145 Å². The van der Waals surface area contributed by atoms with Gasteiger partial charge in [-0.1, -0.05) is 30.3 Å². The summed E-state index contributed by atoms with van der Waals surface area (Å²) in [5, 5.41) is 0. The highest BCUT2D eigenvalue weighted by atomic mass is 16.5. The molecular weight excluding hydrogens is 300 g/mol. The van der Waals surface area contributed by atoms with Crippen LogP contribution in [-0.4, -0.2) is 55.6 Å². The zero-order chi connectivity index (χ0) is 16.8. The van der Waals surface area contributed by atoms with Gasteiger partial charge in [0, 0.05) is 39.8 Å². The van der Waals surface area contributed by atoms with Crippen molar-refractivity contribution in [1.82, 2.24) is 9.80 Å². The third-order valence-corrected chi connectivity index (χ3v) is 5.40. The molecule has 0 N–H and O–H groups in total. The third kappa shape index (κ3) is 5.05. The fourth-order valence-corrected chi connectivity index (χ4v) is 3.80. The van der Waals surface area contributed by atoms with Crippen molar-refractivity contribution in [2.45, 2.75) is 32.2 Å². The Morgan fingerprint density at radius 3 is 2.58 bits per heavy atom. The van der Waals surface area contributed by atoms with Gasteiger partial charge in [-0.15, -0.1) is 0 Å². The van der Waals surface area contributed by atoms with Crippen LogP contribution in [0.2, 0.25) is 0 Å². The Morgan fingerprint density at radius 2 is 1.92 bits per heavy atom.